The van der Waals surface area contributed by atoms with Gasteiger partial charge in [0, 0.05) is 33.3 Å². The summed E-state index contributed by atoms with van der Waals surface area (Å²) < 4.78 is 0. The maximum Gasteiger partial charge on any atom is 0.336 e. The van der Waals surface area contributed by atoms with E-state index in [0.717, 1.165) is 22.3 Å². The highest BCUT2D eigenvalue weighted by atomic mass is 16.4. The topological polar surface area (TPSA) is 133 Å². The van der Waals surface area contributed by atoms with Gasteiger partial charge in [-0.25, -0.2) is 9.59 Å². The molecule has 0 spiro atoms. The van der Waals surface area contributed by atoms with E-state index in [9.17, 15) is 29.4 Å². The van der Waals surface area contributed by atoms with Crippen molar-refractivity contribution in [3.8, 4) is 0 Å². The molecule has 0 fully saturated rings. The smallest absolute Gasteiger partial charge is 0.336 e. The first-order chi connectivity index (χ1) is 22.9. The fourth-order valence-corrected chi connectivity index (χ4v) is 7.11. The minimum absolute atomic E-state index is 0.122. The van der Waals surface area contributed by atoms with Gasteiger partial charge in [0.2, 0.25) is 0 Å². The summed E-state index contributed by atoms with van der Waals surface area (Å²) in [5, 5.41) is 30.3. The van der Waals surface area contributed by atoms with Crippen LogP contribution in [-0.2, 0) is 0 Å². The first kappa shape index (κ1) is 30.4. The molecule has 0 aromatic heterocycles. The predicted molar refractivity (Wildman–Crippen MR) is 189 cm³/mol. The second kappa shape index (κ2) is 11.2. The van der Waals surface area contributed by atoms with Crippen molar-refractivity contribution >= 4 is 78.2 Å². The monoisotopic (exact) mass is 634 g/mol. The van der Waals surface area contributed by atoms with Crippen LogP contribution in [0.1, 0.15) is 63.7 Å². The van der Waals surface area contributed by atoms with E-state index in [-0.39, 0.29) is 27.6 Å². The Kier molecular flexibility index (Phi) is 7.09. The number of aromatic carboxylic acids is 2. The minimum atomic E-state index is -1.24. The molecule has 236 valence electrons. The van der Waals surface area contributed by atoms with Crippen molar-refractivity contribution in [2.45, 2.75) is 27.7 Å². The molecule has 7 aromatic rings. The zero-order chi connectivity index (χ0) is 34.0. The molecule has 0 saturated heterocycles. The van der Waals surface area contributed by atoms with Crippen LogP contribution in [0.2, 0.25) is 0 Å². The molecule has 0 heterocycles. The van der Waals surface area contributed by atoms with Crippen LogP contribution in [0.25, 0.3) is 43.1 Å². The summed E-state index contributed by atoms with van der Waals surface area (Å²) in [7, 11) is 0. The Morgan fingerprint density at radius 1 is 0.417 bits per heavy atom. The molecular formula is C40H30N2O6. The lowest BCUT2D eigenvalue weighted by Gasteiger charge is -2.20. The van der Waals surface area contributed by atoms with Crippen LogP contribution in [-0.4, -0.2) is 34.0 Å². The van der Waals surface area contributed by atoms with Gasteiger partial charge in [0.25, 0.3) is 11.8 Å². The average Bonchev–Trinajstić information content (AvgIpc) is 3.01. The van der Waals surface area contributed by atoms with Crippen LogP contribution < -0.4 is 10.6 Å². The number of fused-ring (bicyclic) bond motifs is 2. The number of anilines is 2. The first-order valence-electron chi connectivity index (χ1n) is 15.4. The van der Waals surface area contributed by atoms with E-state index < -0.39 is 23.8 Å². The van der Waals surface area contributed by atoms with E-state index in [1.807, 2.05) is 64.1 Å². The molecule has 4 N–H and O–H groups in total. The Morgan fingerprint density at radius 2 is 0.708 bits per heavy atom. The molecule has 0 aliphatic heterocycles. The summed E-state index contributed by atoms with van der Waals surface area (Å²) in [6.45, 7) is 7.79. The lowest BCUT2D eigenvalue weighted by molar-refractivity contribution is 0.0695. The molecule has 2 amide bonds. The van der Waals surface area contributed by atoms with E-state index in [2.05, 4.69) is 10.6 Å². The van der Waals surface area contributed by atoms with E-state index in [1.165, 1.54) is 12.1 Å². The molecule has 0 aliphatic rings. The molecule has 7 rings (SSSR count). The van der Waals surface area contributed by atoms with Crippen LogP contribution in [0.15, 0.2) is 84.9 Å². The van der Waals surface area contributed by atoms with Crippen LogP contribution >= 0.6 is 0 Å². The zero-order valence-corrected chi connectivity index (χ0v) is 26.6. The number of aryl methyl sites for hydroxylation is 4. The van der Waals surface area contributed by atoms with Crippen molar-refractivity contribution in [2.24, 2.45) is 0 Å². The Morgan fingerprint density at radius 3 is 1.02 bits per heavy atom. The summed E-state index contributed by atoms with van der Waals surface area (Å²) >= 11 is 0. The maximum atomic E-state index is 14.1. The molecule has 0 atom stereocenters. The standard InChI is InChI=1S/C40H30N2O6/c1-19-13-20(2)16-23(15-19)41-37(43)29-9-5-25-27-7-11-31(39(45)46)36-32(40(47)48)12-8-28(34(27)36)26-6-10-30(35(29)33(25)26)38(44)42-24-17-21(3)14-22(4)18-24/h5-18H,1-4H3,(H,41,43)(H,42,44)(H,45,46)(H,47,48). The fraction of sp³-hybridized carbons (Fsp3) is 0.100. The molecule has 0 radical (unpaired) electrons. The summed E-state index contributed by atoms with van der Waals surface area (Å²) in [5.41, 5.74) is 5.51. The highest BCUT2D eigenvalue weighted by Gasteiger charge is 2.26. The molecule has 0 bridgehead atoms. The zero-order valence-electron chi connectivity index (χ0n) is 26.6. The Labute approximate surface area is 275 Å². The van der Waals surface area contributed by atoms with Gasteiger partial charge in [0.1, 0.15) is 0 Å². The van der Waals surface area contributed by atoms with E-state index >= 15 is 0 Å². The third-order valence-electron chi connectivity index (χ3n) is 8.81. The normalized spacial score (nSPS) is 11.4. The number of hydrogen-bond acceptors (Lipinski definition) is 4. The Balaban J connectivity index is 1.55. The first-order valence-corrected chi connectivity index (χ1v) is 15.4. The highest BCUT2D eigenvalue weighted by Crippen LogP contribution is 2.44. The summed E-state index contributed by atoms with van der Waals surface area (Å²) in [6, 6.07) is 24.5. The van der Waals surface area contributed by atoms with Gasteiger partial charge in [-0.1, -0.05) is 36.4 Å². The summed E-state index contributed by atoms with van der Waals surface area (Å²) in [4.78, 5) is 52.8. The molecule has 8 nitrogen and oxygen atoms in total. The number of carbonyl (C=O) groups excluding carboxylic acids is 2. The molecular weight excluding hydrogens is 604 g/mol. The maximum absolute atomic E-state index is 14.1. The predicted octanol–water partition coefficient (Wildman–Crippen LogP) is 8.87. The Bertz CT molecular complexity index is 2340. The van der Waals surface area contributed by atoms with Crippen molar-refractivity contribution in [1.29, 1.82) is 0 Å². The van der Waals surface area contributed by atoms with Gasteiger partial charge < -0.3 is 20.8 Å². The van der Waals surface area contributed by atoms with Crippen LogP contribution in [0, 0.1) is 27.7 Å². The molecule has 0 aliphatic carbocycles. The van der Waals surface area contributed by atoms with Crippen molar-refractivity contribution in [2.75, 3.05) is 10.6 Å². The largest absolute Gasteiger partial charge is 0.478 e. The third-order valence-corrected chi connectivity index (χ3v) is 8.81. The average molecular weight is 635 g/mol. The van der Waals surface area contributed by atoms with Gasteiger partial charge in [-0.2, -0.15) is 0 Å². The fourth-order valence-electron chi connectivity index (χ4n) is 7.11. The SMILES string of the molecule is Cc1cc(C)cc(NC(=O)c2ccc3c4ccc(C(=O)O)c5c(C(=O)O)ccc(c6ccc(C(=O)Nc7cc(C)cc(C)c7)c2c36)c54)c1. The van der Waals surface area contributed by atoms with Gasteiger partial charge in [-0.05, 0) is 131 Å². The van der Waals surface area contributed by atoms with E-state index in [0.29, 0.717) is 49.1 Å². The number of carboxylic acid groups (broad SMARTS) is 2. The quantitative estimate of drug-likeness (QED) is 0.107. The number of carbonyl (C=O) groups is 4. The third kappa shape index (κ3) is 4.95. The lowest BCUT2D eigenvalue weighted by atomic mass is 9.84. The highest BCUT2D eigenvalue weighted by molar-refractivity contribution is 6.39. The minimum Gasteiger partial charge on any atom is -0.478 e. The number of benzene rings is 7. The van der Waals surface area contributed by atoms with Gasteiger partial charge in [0.15, 0.2) is 0 Å². The lowest BCUT2D eigenvalue weighted by Crippen LogP contribution is -2.17. The number of nitrogens with one attached hydrogen (secondary N) is 2. The number of amides is 2. The van der Waals surface area contributed by atoms with E-state index in [4.69, 9.17) is 0 Å². The van der Waals surface area contributed by atoms with Crippen LogP contribution in [0.4, 0.5) is 11.4 Å². The summed E-state index contributed by atoms with van der Waals surface area (Å²) in [6.07, 6.45) is 0. The second-order valence-electron chi connectivity index (χ2n) is 12.4. The van der Waals surface area contributed by atoms with Crippen LogP contribution in [0.5, 0.6) is 0 Å². The number of rotatable bonds is 6. The molecule has 7 aromatic carbocycles. The van der Waals surface area contributed by atoms with Crippen molar-refractivity contribution in [3.63, 3.8) is 0 Å². The van der Waals surface area contributed by atoms with Crippen LogP contribution in [0.3, 0.4) is 0 Å². The second-order valence-corrected chi connectivity index (χ2v) is 12.4. The van der Waals surface area contributed by atoms with E-state index in [1.54, 1.807) is 36.4 Å². The van der Waals surface area contributed by atoms with Gasteiger partial charge in [-0.3, -0.25) is 9.59 Å². The van der Waals surface area contributed by atoms with Crippen molar-refractivity contribution < 1.29 is 29.4 Å². The van der Waals surface area contributed by atoms with Crippen molar-refractivity contribution in [1.82, 2.24) is 0 Å². The van der Waals surface area contributed by atoms with Gasteiger partial charge in [0.05, 0.1) is 11.1 Å². The summed E-state index contributed by atoms with van der Waals surface area (Å²) in [5.74, 6) is -3.28. The molecule has 48 heavy (non-hydrogen) atoms. The number of carboxylic acids is 2. The Hall–Kier alpha value is -6.28. The molecule has 8 heteroatoms. The van der Waals surface area contributed by atoms with Gasteiger partial charge in [-0.15, -0.1) is 0 Å². The molecule has 0 saturated carbocycles. The molecule has 0 unspecified atom stereocenters. The van der Waals surface area contributed by atoms with Crippen molar-refractivity contribution in [3.05, 3.63) is 129 Å². The number of hydrogen-bond donors (Lipinski definition) is 4. The van der Waals surface area contributed by atoms with Gasteiger partial charge >= 0.3 is 11.9 Å².